The normalized spacial score (nSPS) is 13.3. The van der Waals surface area contributed by atoms with Gasteiger partial charge in [-0.1, -0.05) is 103 Å². The first-order valence-electron chi connectivity index (χ1n) is 14.1. The second-order valence-corrected chi connectivity index (χ2v) is 11.2. The first-order chi connectivity index (χ1) is 20.5. The summed E-state index contributed by atoms with van der Waals surface area (Å²) < 4.78 is 36.3. The van der Waals surface area contributed by atoms with E-state index in [2.05, 4.69) is 0 Å². The molecule has 218 valence electrons. The lowest BCUT2D eigenvalue weighted by Crippen LogP contribution is -2.16. The third-order valence-corrected chi connectivity index (χ3v) is 8.38. The molecule has 0 saturated heterocycles. The van der Waals surface area contributed by atoms with E-state index in [-0.39, 0.29) is 37.3 Å². The van der Waals surface area contributed by atoms with E-state index in [1.165, 1.54) is 0 Å². The Morgan fingerprint density at radius 3 is 1.86 bits per heavy atom. The maximum absolute atomic E-state index is 13.7. The molecule has 0 saturated carbocycles. The summed E-state index contributed by atoms with van der Waals surface area (Å²) in [5.41, 5.74) is 3.23. The Labute approximate surface area is 248 Å². The molecule has 0 bridgehead atoms. The van der Waals surface area contributed by atoms with Gasteiger partial charge in [-0.3, -0.25) is 13.8 Å². The maximum atomic E-state index is 13.7. The smallest absolute Gasteiger partial charge is 0.497 e. The van der Waals surface area contributed by atoms with Gasteiger partial charge in [-0.2, -0.15) is 0 Å². The molecule has 4 aromatic carbocycles. The fraction of sp³-hybridized carbons (Fsp3) is 0.229. The maximum Gasteiger partial charge on any atom is 0.530 e. The summed E-state index contributed by atoms with van der Waals surface area (Å²) in [6, 6.07) is 36.4. The van der Waals surface area contributed by atoms with E-state index in [9.17, 15) is 9.36 Å². The van der Waals surface area contributed by atoms with Crippen LogP contribution in [0.4, 0.5) is 0 Å². The van der Waals surface area contributed by atoms with Crippen LogP contribution in [0.25, 0.3) is 5.76 Å². The first-order valence-corrected chi connectivity index (χ1v) is 15.6. The molecule has 4 aromatic rings. The summed E-state index contributed by atoms with van der Waals surface area (Å²) in [4.78, 5) is 13.7. The minimum absolute atomic E-state index is 0.00855. The fourth-order valence-electron chi connectivity index (χ4n) is 4.86. The van der Waals surface area contributed by atoms with Crippen LogP contribution in [0.5, 0.6) is 5.75 Å². The highest BCUT2D eigenvalue weighted by atomic mass is 31.2. The molecule has 0 aliphatic rings. The highest BCUT2D eigenvalue weighted by Crippen LogP contribution is 2.53. The van der Waals surface area contributed by atoms with Crippen molar-refractivity contribution in [3.63, 3.8) is 0 Å². The molecule has 42 heavy (non-hydrogen) atoms. The van der Waals surface area contributed by atoms with Crippen molar-refractivity contribution < 1.29 is 27.7 Å². The highest BCUT2D eigenvalue weighted by molar-refractivity contribution is 7.48. The molecule has 0 aliphatic heterocycles. The summed E-state index contributed by atoms with van der Waals surface area (Å²) in [6.07, 6.45) is 2.14. The van der Waals surface area contributed by atoms with Gasteiger partial charge in [-0.05, 0) is 43.2 Å². The molecule has 6 nitrogen and oxygen atoms in total. The van der Waals surface area contributed by atoms with E-state index in [1.54, 1.807) is 21.0 Å². The van der Waals surface area contributed by atoms with Crippen LogP contribution in [-0.4, -0.2) is 26.1 Å². The minimum atomic E-state index is -3.93. The number of rotatable bonds is 15. The molecule has 2 atom stereocenters. The van der Waals surface area contributed by atoms with Gasteiger partial charge in [-0.15, -0.1) is 0 Å². The molecule has 0 heterocycles. The van der Waals surface area contributed by atoms with Crippen molar-refractivity contribution in [1.29, 1.82) is 0 Å². The van der Waals surface area contributed by atoms with Gasteiger partial charge in [0.25, 0.3) is 0 Å². The number of hydrogen-bond donors (Lipinski definition) is 0. The number of hydrogen-bond acceptors (Lipinski definition) is 6. The topological polar surface area (TPSA) is 71.1 Å². The number of ether oxygens (including phenoxy) is 1. The van der Waals surface area contributed by atoms with Crippen molar-refractivity contribution in [2.75, 3.05) is 20.3 Å². The van der Waals surface area contributed by atoms with Gasteiger partial charge in [0.05, 0.1) is 20.3 Å². The predicted molar refractivity (Wildman–Crippen MR) is 167 cm³/mol. The number of carbonyl (C=O) groups excluding carboxylic acids is 1. The van der Waals surface area contributed by atoms with Crippen LogP contribution in [0.1, 0.15) is 59.2 Å². The number of phosphoric acid groups is 1. The van der Waals surface area contributed by atoms with Gasteiger partial charge in [0, 0.05) is 29.4 Å². The molecule has 0 aromatic heterocycles. The summed E-state index contributed by atoms with van der Waals surface area (Å²) in [5, 5.41) is 0. The molecule has 0 spiro atoms. The lowest BCUT2D eigenvalue weighted by molar-refractivity contribution is 0.0971. The number of benzene rings is 4. The standard InChI is InChI=1S/C35H37O6P/c1-4-39-42(37,40-5-2)41-35(29-20-13-8-14-21-29)26-33(27-16-9-6-10-17-27)32(30-22-15-23-31(24-30)38-3)25-34(36)28-18-11-7-12-19-28/h6-24,26,32-33H,4-5,25H2,1-3H3/b35-26-/t32-,33-/m1/s1. The van der Waals surface area contributed by atoms with E-state index in [0.29, 0.717) is 22.6 Å². The van der Waals surface area contributed by atoms with Crippen molar-refractivity contribution in [2.45, 2.75) is 32.1 Å². The average molecular weight is 585 g/mol. The van der Waals surface area contributed by atoms with E-state index in [1.807, 2.05) is 121 Å². The van der Waals surface area contributed by atoms with Crippen LogP contribution in [0.2, 0.25) is 0 Å². The van der Waals surface area contributed by atoms with E-state index in [0.717, 1.165) is 11.1 Å². The average Bonchev–Trinajstić information content (AvgIpc) is 3.03. The summed E-state index contributed by atoms with van der Waals surface area (Å²) in [5.74, 6) is 0.357. The largest absolute Gasteiger partial charge is 0.530 e. The molecule has 0 radical (unpaired) electrons. The molecule has 0 fully saturated rings. The van der Waals surface area contributed by atoms with Crippen molar-refractivity contribution in [2.24, 2.45) is 0 Å². The second-order valence-electron chi connectivity index (χ2n) is 9.58. The second kappa shape index (κ2) is 15.3. The molecule has 7 heteroatoms. The third kappa shape index (κ3) is 8.29. The third-order valence-electron chi connectivity index (χ3n) is 6.81. The summed E-state index contributed by atoms with van der Waals surface area (Å²) in [7, 11) is -2.31. The number of allylic oxidation sites excluding steroid dienone is 1. The number of ketones is 1. The Morgan fingerprint density at radius 2 is 1.29 bits per heavy atom. The van der Waals surface area contributed by atoms with Gasteiger partial charge < -0.3 is 9.26 Å². The molecule has 4 rings (SSSR count). The number of Topliss-reactive ketones (excluding diaryl/α,β-unsaturated/α-hetero) is 1. The monoisotopic (exact) mass is 584 g/mol. The quantitative estimate of drug-likeness (QED) is 0.0789. The van der Waals surface area contributed by atoms with Gasteiger partial charge in [-0.25, -0.2) is 4.57 Å². The Bertz CT molecular complexity index is 1480. The van der Waals surface area contributed by atoms with Crippen molar-refractivity contribution in [3.05, 3.63) is 144 Å². The Kier molecular flexibility index (Phi) is 11.3. The molecular weight excluding hydrogens is 547 g/mol. The van der Waals surface area contributed by atoms with Gasteiger partial charge in [0.15, 0.2) is 5.78 Å². The summed E-state index contributed by atoms with van der Waals surface area (Å²) >= 11 is 0. The molecule has 0 amide bonds. The van der Waals surface area contributed by atoms with Gasteiger partial charge >= 0.3 is 7.82 Å². The molecular formula is C35H37O6P. The highest BCUT2D eigenvalue weighted by Gasteiger charge is 2.32. The number of phosphoric ester groups is 1. The zero-order valence-corrected chi connectivity index (χ0v) is 25.1. The van der Waals surface area contributed by atoms with Crippen molar-refractivity contribution in [3.8, 4) is 5.75 Å². The zero-order valence-electron chi connectivity index (χ0n) is 24.2. The number of carbonyl (C=O) groups is 1. The Morgan fingerprint density at radius 1 is 0.738 bits per heavy atom. The Balaban J connectivity index is 1.91. The van der Waals surface area contributed by atoms with Crippen LogP contribution in [0.15, 0.2) is 121 Å². The lowest BCUT2D eigenvalue weighted by atomic mass is 9.77. The van der Waals surface area contributed by atoms with Crippen LogP contribution in [0.3, 0.4) is 0 Å². The SMILES string of the molecule is CCOP(=O)(OCC)O/C(=C\[C@H](c1ccccc1)[C@H](CC(=O)c1ccccc1)c1cccc(OC)c1)c1ccccc1. The van der Waals surface area contributed by atoms with Crippen LogP contribution < -0.4 is 4.74 Å². The fourth-order valence-corrected chi connectivity index (χ4v) is 6.08. The minimum Gasteiger partial charge on any atom is -0.497 e. The van der Waals surface area contributed by atoms with Gasteiger partial charge in [0.1, 0.15) is 11.5 Å². The lowest BCUT2D eigenvalue weighted by Gasteiger charge is -2.28. The van der Waals surface area contributed by atoms with E-state index < -0.39 is 7.82 Å². The van der Waals surface area contributed by atoms with Crippen LogP contribution >= 0.6 is 7.82 Å². The van der Waals surface area contributed by atoms with E-state index in [4.69, 9.17) is 18.3 Å². The first kappa shape index (κ1) is 31.0. The molecule has 0 aliphatic carbocycles. The van der Waals surface area contributed by atoms with Crippen LogP contribution in [-0.2, 0) is 18.1 Å². The van der Waals surface area contributed by atoms with Gasteiger partial charge in [0.2, 0.25) is 0 Å². The molecule has 0 unspecified atom stereocenters. The van der Waals surface area contributed by atoms with Crippen molar-refractivity contribution in [1.82, 2.24) is 0 Å². The molecule has 0 N–H and O–H groups in total. The zero-order chi connectivity index (χ0) is 29.8. The predicted octanol–water partition coefficient (Wildman–Crippen LogP) is 9.07. The van der Waals surface area contributed by atoms with Crippen molar-refractivity contribution >= 4 is 19.4 Å². The Hall–Kier alpha value is -3.96. The van der Waals surface area contributed by atoms with Crippen LogP contribution in [0, 0.1) is 0 Å². The number of methoxy groups -OCH3 is 1. The summed E-state index contributed by atoms with van der Waals surface area (Å²) in [6.45, 7) is 3.78. The van der Waals surface area contributed by atoms with E-state index >= 15 is 0 Å².